The zero-order valence-corrected chi connectivity index (χ0v) is 9.47. The molecule has 0 heterocycles. The molecule has 2 amide bonds. The van der Waals surface area contributed by atoms with Crippen LogP contribution in [-0.4, -0.2) is 38.1 Å². The average molecular weight is 216 g/mol. The van der Waals surface area contributed by atoms with Gasteiger partial charge >= 0.3 is 0 Å². The van der Waals surface area contributed by atoms with Gasteiger partial charge in [-0.05, 0) is 12.8 Å². The van der Waals surface area contributed by atoms with Crippen LogP contribution in [0.4, 0.5) is 0 Å². The highest BCUT2D eigenvalue weighted by Gasteiger charge is 1.93. The number of amides is 2. The zero-order valence-electron chi connectivity index (χ0n) is 9.47. The maximum atomic E-state index is 10.5. The van der Waals surface area contributed by atoms with Crippen molar-refractivity contribution in [2.75, 3.05) is 26.3 Å². The lowest BCUT2D eigenvalue weighted by Gasteiger charge is -2.05. The number of hydrogen-bond acceptors (Lipinski definition) is 3. The van der Waals surface area contributed by atoms with Gasteiger partial charge in [-0.25, -0.2) is 0 Å². The Morgan fingerprint density at radius 2 is 1.33 bits per heavy atom. The molecule has 0 saturated carbocycles. The second-order valence-corrected chi connectivity index (χ2v) is 3.29. The van der Waals surface area contributed by atoms with Crippen LogP contribution in [0.15, 0.2) is 0 Å². The molecule has 0 unspecified atom stereocenters. The van der Waals surface area contributed by atoms with E-state index in [2.05, 4.69) is 10.6 Å². The van der Waals surface area contributed by atoms with E-state index in [9.17, 15) is 9.59 Å². The molecule has 0 bridgehead atoms. The van der Waals surface area contributed by atoms with Crippen molar-refractivity contribution in [2.45, 2.75) is 26.7 Å². The van der Waals surface area contributed by atoms with Crippen molar-refractivity contribution in [2.24, 2.45) is 0 Å². The van der Waals surface area contributed by atoms with E-state index in [-0.39, 0.29) is 11.8 Å². The quantitative estimate of drug-likeness (QED) is 0.564. The second kappa shape index (κ2) is 9.45. The van der Waals surface area contributed by atoms with Gasteiger partial charge in [-0.2, -0.15) is 0 Å². The molecule has 88 valence electrons. The van der Waals surface area contributed by atoms with Gasteiger partial charge < -0.3 is 15.4 Å². The summed E-state index contributed by atoms with van der Waals surface area (Å²) in [5.74, 6) is -0.0266. The Kier molecular flexibility index (Phi) is 8.76. The van der Waals surface area contributed by atoms with Crippen molar-refractivity contribution in [3.05, 3.63) is 0 Å². The summed E-state index contributed by atoms with van der Waals surface area (Å²) in [6, 6.07) is 0. The molecule has 2 N–H and O–H groups in total. The van der Waals surface area contributed by atoms with Gasteiger partial charge in [-0.3, -0.25) is 9.59 Å². The normalized spacial score (nSPS) is 9.73. The molecule has 0 atom stereocenters. The van der Waals surface area contributed by atoms with Gasteiger partial charge in [0.15, 0.2) is 0 Å². The van der Waals surface area contributed by atoms with Crippen molar-refractivity contribution in [1.29, 1.82) is 0 Å². The molecule has 0 aliphatic heterocycles. The predicted molar refractivity (Wildman–Crippen MR) is 57.4 cm³/mol. The van der Waals surface area contributed by atoms with Crippen LogP contribution < -0.4 is 10.6 Å². The minimum atomic E-state index is -0.0133. The number of carbonyl (C=O) groups excluding carboxylic acids is 2. The number of nitrogens with one attached hydrogen (secondary N) is 2. The third kappa shape index (κ3) is 12.9. The highest BCUT2D eigenvalue weighted by atomic mass is 16.5. The summed E-state index contributed by atoms with van der Waals surface area (Å²) in [5.41, 5.74) is 0. The molecule has 0 radical (unpaired) electrons. The van der Waals surface area contributed by atoms with Crippen LogP contribution in [0, 0.1) is 0 Å². The third-order valence-electron chi connectivity index (χ3n) is 1.68. The fourth-order valence-electron chi connectivity index (χ4n) is 0.979. The average Bonchev–Trinajstić information content (AvgIpc) is 2.14. The molecule has 0 aromatic carbocycles. The van der Waals surface area contributed by atoms with E-state index in [0.29, 0.717) is 26.3 Å². The molecule has 0 aliphatic rings. The molecule has 0 aromatic heterocycles. The van der Waals surface area contributed by atoms with Crippen LogP contribution >= 0.6 is 0 Å². The minimum Gasteiger partial charge on any atom is -0.381 e. The van der Waals surface area contributed by atoms with Gasteiger partial charge in [0.2, 0.25) is 11.8 Å². The summed E-state index contributed by atoms with van der Waals surface area (Å²) >= 11 is 0. The van der Waals surface area contributed by atoms with E-state index in [1.54, 1.807) is 0 Å². The molecule has 0 aromatic rings. The monoisotopic (exact) mass is 216 g/mol. The highest BCUT2D eigenvalue weighted by Crippen LogP contribution is 1.84. The fraction of sp³-hybridized carbons (Fsp3) is 0.800. The van der Waals surface area contributed by atoms with Gasteiger partial charge in [0.25, 0.3) is 0 Å². The fourth-order valence-corrected chi connectivity index (χ4v) is 0.979. The van der Waals surface area contributed by atoms with Crippen LogP contribution in [0.3, 0.4) is 0 Å². The summed E-state index contributed by atoms with van der Waals surface area (Å²) in [7, 11) is 0. The van der Waals surface area contributed by atoms with E-state index < -0.39 is 0 Å². The summed E-state index contributed by atoms with van der Waals surface area (Å²) in [6.07, 6.45) is 1.64. The lowest BCUT2D eigenvalue weighted by Crippen LogP contribution is -2.23. The van der Waals surface area contributed by atoms with Crippen LogP contribution in [0.25, 0.3) is 0 Å². The number of carbonyl (C=O) groups is 2. The predicted octanol–water partition coefficient (Wildman–Crippen LogP) is 0.0554. The van der Waals surface area contributed by atoms with Gasteiger partial charge in [0.1, 0.15) is 0 Å². The molecule has 0 saturated heterocycles. The largest absolute Gasteiger partial charge is 0.381 e. The Bertz CT molecular complexity index is 175. The van der Waals surface area contributed by atoms with Gasteiger partial charge in [-0.15, -0.1) is 0 Å². The lowest BCUT2D eigenvalue weighted by molar-refractivity contribution is -0.119. The Morgan fingerprint density at radius 3 is 1.67 bits per heavy atom. The lowest BCUT2D eigenvalue weighted by atomic mass is 10.4. The van der Waals surface area contributed by atoms with Crippen molar-refractivity contribution in [1.82, 2.24) is 10.6 Å². The van der Waals surface area contributed by atoms with E-state index in [1.165, 1.54) is 13.8 Å². The SMILES string of the molecule is CC(=O)NCCCOCCCNC(C)=O. The Hall–Kier alpha value is -1.10. The van der Waals surface area contributed by atoms with E-state index in [1.807, 2.05) is 0 Å². The van der Waals surface area contributed by atoms with E-state index in [0.717, 1.165) is 12.8 Å². The van der Waals surface area contributed by atoms with Crippen LogP contribution in [0.5, 0.6) is 0 Å². The molecule has 15 heavy (non-hydrogen) atoms. The molecule has 0 aliphatic carbocycles. The third-order valence-corrected chi connectivity index (χ3v) is 1.68. The first-order valence-corrected chi connectivity index (χ1v) is 5.19. The van der Waals surface area contributed by atoms with Crippen molar-refractivity contribution in [3.63, 3.8) is 0 Å². The first kappa shape index (κ1) is 13.9. The van der Waals surface area contributed by atoms with Gasteiger partial charge in [0, 0.05) is 40.2 Å². The van der Waals surface area contributed by atoms with Crippen LogP contribution in [-0.2, 0) is 14.3 Å². The topological polar surface area (TPSA) is 67.4 Å². The Labute approximate surface area is 90.6 Å². The molecule has 0 rings (SSSR count). The molecular weight excluding hydrogens is 196 g/mol. The Balaban J connectivity index is 2.99. The second-order valence-electron chi connectivity index (χ2n) is 3.29. The molecule has 0 spiro atoms. The van der Waals surface area contributed by atoms with E-state index >= 15 is 0 Å². The van der Waals surface area contributed by atoms with Crippen molar-refractivity contribution in [3.8, 4) is 0 Å². The smallest absolute Gasteiger partial charge is 0.216 e. The number of ether oxygens (including phenoxy) is 1. The summed E-state index contributed by atoms with van der Waals surface area (Å²) < 4.78 is 5.29. The standard InChI is InChI=1S/C10H20N2O3/c1-9(13)11-5-3-7-15-8-4-6-12-10(2)14/h3-8H2,1-2H3,(H,11,13)(H,12,14). The van der Waals surface area contributed by atoms with E-state index in [4.69, 9.17) is 4.74 Å². The van der Waals surface area contributed by atoms with Gasteiger partial charge in [0.05, 0.1) is 0 Å². The maximum absolute atomic E-state index is 10.5. The zero-order chi connectivity index (χ0) is 11.5. The summed E-state index contributed by atoms with van der Waals surface area (Å²) in [5, 5.41) is 5.37. The number of rotatable bonds is 8. The van der Waals surface area contributed by atoms with Crippen LogP contribution in [0.1, 0.15) is 26.7 Å². The summed E-state index contributed by atoms with van der Waals surface area (Å²) in [6.45, 7) is 5.57. The molecule has 5 nitrogen and oxygen atoms in total. The first-order valence-electron chi connectivity index (χ1n) is 5.19. The maximum Gasteiger partial charge on any atom is 0.216 e. The minimum absolute atomic E-state index is 0.0133. The highest BCUT2D eigenvalue weighted by molar-refractivity contribution is 5.72. The van der Waals surface area contributed by atoms with Crippen molar-refractivity contribution < 1.29 is 14.3 Å². The van der Waals surface area contributed by atoms with Crippen molar-refractivity contribution >= 4 is 11.8 Å². The van der Waals surface area contributed by atoms with Gasteiger partial charge in [-0.1, -0.05) is 0 Å². The Morgan fingerprint density at radius 1 is 0.933 bits per heavy atom. The molecule has 0 fully saturated rings. The number of hydrogen-bond donors (Lipinski definition) is 2. The summed E-state index contributed by atoms with van der Waals surface area (Å²) in [4.78, 5) is 21.0. The molecular formula is C10H20N2O3. The van der Waals surface area contributed by atoms with Crippen LogP contribution in [0.2, 0.25) is 0 Å². The molecule has 5 heteroatoms. The first-order chi connectivity index (χ1) is 7.13.